The number of aromatic nitrogens is 3. The Kier molecular flexibility index (Phi) is 6.61. The normalized spacial score (nSPS) is 11.2. The number of hydrogen-bond acceptors (Lipinski definition) is 3. The fraction of sp³-hybridized carbons (Fsp3) is 0.167. The number of benzene rings is 3. The molecule has 1 heterocycles. The highest BCUT2D eigenvalue weighted by molar-refractivity contribution is 7.71. The minimum atomic E-state index is -0.285. The summed E-state index contributed by atoms with van der Waals surface area (Å²) in [5.74, 6) is 0.515. The van der Waals surface area contributed by atoms with Gasteiger partial charge in [-0.05, 0) is 60.7 Å². The van der Waals surface area contributed by atoms with E-state index in [-0.39, 0.29) is 5.82 Å². The molecule has 4 nitrogen and oxygen atoms in total. The Morgan fingerprint density at radius 3 is 2.35 bits per heavy atom. The van der Waals surface area contributed by atoms with Gasteiger partial charge in [0.2, 0.25) is 4.77 Å². The predicted octanol–water partition coefficient (Wildman–Crippen LogP) is 5.88. The average Bonchev–Trinajstić information content (AvgIpc) is 3.06. The first-order chi connectivity index (χ1) is 15.0. The van der Waals surface area contributed by atoms with Crippen molar-refractivity contribution in [3.63, 3.8) is 0 Å². The molecule has 31 heavy (non-hydrogen) atoms. The van der Waals surface area contributed by atoms with Gasteiger partial charge < -0.3 is 0 Å². The Hall–Kier alpha value is -2.80. The van der Waals surface area contributed by atoms with Gasteiger partial charge in [0.05, 0.1) is 6.67 Å². The van der Waals surface area contributed by atoms with Gasteiger partial charge in [-0.1, -0.05) is 60.1 Å². The second kappa shape index (κ2) is 9.56. The van der Waals surface area contributed by atoms with Crippen LogP contribution in [0.2, 0.25) is 5.02 Å². The molecular weight excluding hydrogens is 431 g/mol. The molecule has 0 unspecified atom stereocenters. The number of nitrogens with zero attached hydrogens (tertiary/aromatic N) is 4. The molecule has 0 spiro atoms. The molecule has 0 aliphatic rings. The van der Waals surface area contributed by atoms with Crippen molar-refractivity contribution in [2.75, 3.05) is 7.05 Å². The first kappa shape index (κ1) is 21.4. The highest BCUT2D eigenvalue weighted by Crippen LogP contribution is 2.19. The summed E-state index contributed by atoms with van der Waals surface area (Å²) in [6.45, 7) is 1.17. The summed E-state index contributed by atoms with van der Waals surface area (Å²) < 4.78 is 17.8. The third-order valence-corrected chi connectivity index (χ3v) is 5.73. The van der Waals surface area contributed by atoms with Gasteiger partial charge in [0.1, 0.15) is 11.6 Å². The molecule has 0 saturated heterocycles. The zero-order chi connectivity index (χ0) is 21.8. The van der Waals surface area contributed by atoms with Crippen molar-refractivity contribution in [3.05, 3.63) is 111 Å². The van der Waals surface area contributed by atoms with Crippen LogP contribution in [0.25, 0.3) is 5.69 Å². The molecule has 3 aromatic carbocycles. The molecule has 0 radical (unpaired) electrons. The highest BCUT2D eigenvalue weighted by atomic mass is 35.5. The van der Waals surface area contributed by atoms with Crippen LogP contribution >= 0.6 is 23.8 Å². The third-order valence-electron chi connectivity index (χ3n) is 4.97. The quantitative estimate of drug-likeness (QED) is 0.328. The van der Waals surface area contributed by atoms with Crippen molar-refractivity contribution in [1.82, 2.24) is 19.2 Å². The second-order valence-corrected chi connectivity index (χ2v) is 8.19. The summed E-state index contributed by atoms with van der Waals surface area (Å²) in [6.07, 6.45) is 0.614. The first-order valence-corrected chi connectivity index (χ1v) is 10.7. The molecule has 1 aromatic heterocycles. The lowest BCUT2D eigenvalue weighted by atomic mass is 10.1. The maximum atomic E-state index is 13.5. The average molecular weight is 453 g/mol. The van der Waals surface area contributed by atoms with Crippen LogP contribution in [0.5, 0.6) is 0 Å². The van der Waals surface area contributed by atoms with Gasteiger partial charge in [-0.15, -0.1) is 0 Å². The molecule has 7 heteroatoms. The molecule has 0 fully saturated rings. The van der Waals surface area contributed by atoms with Crippen molar-refractivity contribution in [1.29, 1.82) is 0 Å². The van der Waals surface area contributed by atoms with E-state index in [1.165, 1.54) is 12.1 Å². The van der Waals surface area contributed by atoms with Crippen LogP contribution in [0.15, 0.2) is 78.9 Å². The van der Waals surface area contributed by atoms with E-state index >= 15 is 0 Å². The lowest BCUT2D eigenvalue weighted by Gasteiger charge is -2.17. The van der Waals surface area contributed by atoms with Gasteiger partial charge in [-0.2, -0.15) is 5.10 Å². The van der Waals surface area contributed by atoms with E-state index < -0.39 is 0 Å². The van der Waals surface area contributed by atoms with Crippen LogP contribution < -0.4 is 0 Å². The van der Waals surface area contributed by atoms with Gasteiger partial charge in [0.15, 0.2) is 0 Å². The van der Waals surface area contributed by atoms with Crippen LogP contribution in [-0.4, -0.2) is 26.3 Å². The van der Waals surface area contributed by atoms with E-state index in [4.69, 9.17) is 28.9 Å². The van der Waals surface area contributed by atoms with Gasteiger partial charge in [-0.25, -0.2) is 9.07 Å². The maximum absolute atomic E-state index is 13.5. The molecule has 0 atom stereocenters. The largest absolute Gasteiger partial charge is 0.283 e. The molecule has 0 bridgehead atoms. The van der Waals surface area contributed by atoms with Crippen molar-refractivity contribution in [2.45, 2.75) is 19.6 Å². The molecule has 0 saturated carbocycles. The Morgan fingerprint density at radius 1 is 0.968 bits per heavy atom. The van der Waals surface area contributed by atoms with Gasteiger partial charge in [-0.3, -0.25) is 9.47 Å². The zero-order valence-corrected chi connectivity index (χ0v) is 18.7. The van der Waals surface area contributed by atoms with Crippen molar-refractivity contribution < 1.29 is 4.39 Å². The molecule has 4 aromatic rings. The van der Waals surface area contributed by atoms with E-state index in [1.54, 1.807) is 16.8 Å². The molecule has 0 N–H and O–H groups in total. The molecule has 158 valence electrons. The minimum absolute atomic E-state index is 0.285. The van der Waals surface area contributed by atoms with E-state index in [2.05, 4.69) is 17.0 Å². The fourth-order valence-electron chi connectivity index (χ4n) is 3.48. The van der Waals surface area contributed by atoms with Crippen molar-refractivity contribution >= 4 is 23.8 Å². The van der Waals surface area contributed by atoms with Gasteiger partial charge in [0.25, 0.3) is 0 Å². The SMILES string of the molecule is CN(Cc1ccccc1Cl)Cn1nc(Cc2ccccc2)n(-c2ccc(F)cc2)c1=S. The Bertz CT molecular complexity index is 1220. The van der Waals surface area contributed by atoms with Crippen LogP contribution in [0.4, 0.5) is 4.39 Å². The maximum Gasteiger partial charge on any atom is 0.203 e. The van der Waals surface area contributed by atoms with Crippen LogP contribution in [0, 0.1) is 10.6 Å². The van der Waals surface area contributed by atoms with E-state index in [0.717, 1.165) is 27.7 Å². The highest BCUT2D eigenvalue weighted by Gasteiger charge is 2.15. The number of hydrogen-bond donors (Lipinski definition) is 0. The van der Waals surface area contributed by atoms with E-state index in [1.807, 2.05) is 54.1 Å². The van der Waals surface area contributed by atoms with Crippen molar-refractivity contribution in [3.8, 4) is 5.69 Å². The monoisotopic (exact) mass is 452 g/mol. The van der Waals surface area contributed by atoms with Crippen LogP contribution in [0.3, 0.4) is 0 Å². The molecule has 0 aliphatic carbocycles. The Balaban J connectivity index is 1.66. The summed E-state index contributed by atoms with van der Waals surface area (Å²) in [7, 11) is 2.00. The van der Waals surface area contributed by atoms with Crippen LogP contribution in [0.1, 0.15) is 17.0 Å². The summed E-state index contributed by atoms with van der Waals surface area (Å²) in [6, 6.07) is 24.2. The minimum Gasteiger partial charge on any atom is -0.283 e. The summed E-state index contributed by atoms with van der Waals surface area (Å²) in [4.78, 5) is 2.10. The summed E-state index contributed by atoms with van der Waals surface area (Å²) in [5, 5.41) is 5.55. The molecule has 0 amide bonds. The Labute approximate surface area is 191 Å². The third kappa shape index (κ3) is 5.10. The first-order valence-electron chi connectivity index (χ1n) is 9.92. The zero-order valence-electron chi connectivity index (χ0n) is 17.1. The number of halogens is 2. The lowest BCUT2D eigenvalue weighted by Crippen LogP contribution is -2.22. The van der Waals surface area contributed by atoms with E-state index in [0.29, 0.717) is 24.4 Å². The summed E-state index contributed by atoms with van der Waals surface area (Å²) >= 11 is 12.1. The fourth-order valence-corrected chi connectivity index (χ4v) is 3.99. The summed E-state index contributed by atoms with van der Waals surface area (Å²) in [5.41, 5.74) is 2.96. The van der Waals surface area contributed by atoms with E-state index in [9.17, 15) is 4.39 Å². The van der Waals surface area contributed by atoms with Gasteiger partial charge in [0, 0.05) is 23.7 Å². The van der Waals surface area contributed by atoms with Crippen LogP contribution in [-0.2, 0) is 19.6 Å². The van der Waals surface area contributed by atoms with Crippen molar-refractivity contribution in [2.24, 2.45) is 0 Å². The van der Waals surface area contributed by atoms with Gasteiger partial charge >= 0.3 is 0 Å². The smallest absolute Gasteiger partial charge is 0.203 e. The number of rotatable bonds is 7. The topological polar surface area (TPSA) is 26.0 Å². The molecule has 4 rings (SSSR count). The Morgan fingerprint density at radius 2 is 1.65 bits per heavy atom. The second-order valence-electron chi connectivity index (χ2n) is 7.42. The predicted molar refractivity (Wildman–Crippen MR) is 125 cm³/mol. The lowest BCUT2D eigenvalue weighted by molar-refractivity contribution is 0.243. The standard InChI is InChI=1S/C24H22ClFN4S/c1-28(16-19-9-5-6-10-22(19)25)17-29-24(31)30(21-13-11-20(26)12-14-21)23(27-29)15-18-7-3-2-4-8-18/h2-14H,15-17H2,1H3. The molecular formula is C24H22ClFN4S. The molecule has 0 aliphatic heterocycles.